The molecule has 0 aliphatic heterocycles. The zero-order valence-electron chi connectivity index (χ0n) is 11.8. The molecule has 0 saturated heterocycles. The molecule has 0 saturated carbocycles. The topological polar surface area (TPSA) is 72.9 Å². The van der Waals surface area contributed by atoms with Crippen molar-refractivity contribution in [3.8, 4) is 0 Å². The number of hydrogen-bond acceptors (Lipinski definition) is 3. The maximum absolute atomic E-state index is 13.6. The second kappa shape index (κ2) is 8.17. The molecule has 0 spiro atoms. The number of nitrogens with two attached hydrogens (primary N) is 1. The van der Waals surface area contributed by atoms with Crippen LogP contribution < -0.4 is 11.1 Å². The molecular weight excluding hydrogens is 318 g/mol. The average molecular weight is 337 g/mol. The minimum absolute atomic E-state index is 0. The van der Waals surface area contributed by atoms with E-state index in [9.17, 15) is 9.18 Å². The van der Waals surface area contributed by atoms with E-state index in [-0.39, 0.29) is 36.5 Å². The summed E-state index contributed by atoms with van der Waals surface area (Å²) in [6.07, 6.45) is 0.531. The molecule has 3 N–H and O–H groups in total. The predicted octanol–water partition coefficient (Wildman–Crippen LogP) is 1.56. The van der Waals surface area contributed by atoms with Gasteiger partial charge in [0.25, 0.3) is 0 Å². The van der Waals surface area contributed by atoms with Gasteiger partial charge in [0.1, 0.15) is 11.3 Å². The molecule has 2 aromatic rings. The Kier molecular flexibility index (Phi) is 7.63. The molecule has 0 aliphatic rings. The lowest BCUT2D eigenvalue weighted by Crippen LogP contribution is -2.39. The highest BCUT2D eigenvalue weighted by Gasteiger charge is 2.11. The van der Waals surface area contributed by atoms with E-state index in [1.54, 1.807) is 13.0 Å². The number of halogens is 3. The van der Waals surface area contributed by atoms with Crippen molar-refractivity contribution < 1.29 is 9.18 Å². The summed E-state index contributed by atoms with van der Waals surface area (Å²) in [4.78, 5) is 15.6. The fourth-order valence-electron chi connectivity index (χ4n) is 1.91. The van der Waals surface area contributed by atoms with Crippen molar-refractivity contribution in [2.24, 2.45) is 12.8 Å². The molecule has 21 heavy (non-hydrogen) atoms. The molecule has 1 heterocycles. The Labute approximate surface area is 134 Å². The number of rotatable bonds is 4. The lowest BCUT2D eigenvalue weighted by molar-refractivity contribution is -0.121. The number of amides is 1. The third-order valence-corrected chi connectivity index (χ3v) is 3.02. The zero-order valence-corrected chi connectivity index (χ0v) is 13.4. The van der Waals surface area contributed by atoms with Gasteiger partial charge in [-0.2, -0.15) is 0 Å². The van der Waals surface area contributed by atoms with Gasteiger partial charge in [-0.1, -0.05) is 6.07 Å². The van der Waals surface area contributed by atoms with E-state index in [1.807, 2.05) is 17.7 Å². The van der Waals surface area contributed by atoms with Gasteiger partial charge in [-0.05, 0) is 19.1 Å². The maximum Gasteiger partial charge on any atom is 0.236 e. The van der Waals surface area contributed by atoms with E-state index in [0.717, 1.165) is 11.3 Å². The number of carbonyl (C=O) groups excluding carboxylic acids is 1. The first-order chi connectivity index (χ1) is 9.00. The van der Waals surface area contributed by atoms with E-state index in [4.69, 9.17) is 5.73 Å². The largest absolute Gasteiger partial charge is 0.354 e. The number of imidazole rings is 1. The van der Waals surface area contributed by atoms with Gasteiger partial charge in [-0.3, -0.25) is 4.79 Å². The summed E-state index contributed by atoms with van der Waals surface area (Å²) in [7, 11) is 1.83. The highest BCUT2D eigenvalue weighted by atomic mass is 35.5. The van der Waals surface area contributed by atoms with Gasteiger partial charge in [-0.15, -0.1) is 24.8 Å². The molecule has 0 bridgehead atoms. The Morgan fingerprint density at radius 3 is 2.71 bits per heavy atom. The summed E-state index contributed by atoms with van der Waals surface area (Å²) >= 11 is 0. The van der Waals surface area contributed by atoms with Gasteiger partial charge in [0.2, 0.25) is 5.91 Å². The number of fused-ring (bicyclic) bond motifs is 1. The highest BCUT2D eigenvalue weighted by Crippen LogP contribution is 2.17. The van der Waals surface area contributed by atoms with Gasteiger partial charge in [0, 0.05) is 20.0 Å². The number of aryl methyl sites for hydroxylation is 1. The second-order valence-electron chi connectivity index (χ2n) is 4.52. The van der Waals surface area contributed by atoms with Gasteiger partial charge < -0.3 is 15.6 Å². The van der Waals surface area contributed by atoms with Crippen molar-refractivity contribution >= 4 is 41.8 Å². The van der Waals surface area contributed by atoms with Gasteiger partial charge in [0.15, 0.2) is 5.82 Å². The molecule has 1 unspecified atom stereocenters. The molecule has 5 nitrogen and oxygen atoms in total. The Bertz CT molecular complexity index is 615. The molecule has 0 aliphatic carbocycles. The first kappa shape index (κ1) is 19.6. The number of hydrogen-bond donors (Lipinski definition) is 2. The van der Waals surface area contributed by atoms with Crippen LogP contribution in [0.5, 0.6) is 0 Å². The van der Waals surface area contributed by atoms with Crippen LogP contribution in [0, 0.1) is 5.82 Å². The molecule has 8 heteroatoms. The van der Waals surface area contributed by atoms with Crippen LogP contribution in [0.1, 0.15) is 12.7 Å². The van der Waals surface area contributed by atoms with Crippen molar-refractivity contribution in [3.05, 3.63) is 29.8 Å². The summed E-state index contributed by atoms with van der Waals surface area (Å²) in [5.41, 5.74) is 6.55. The summed E-state index contributed by atoms with van der Waals surface area (Å²) in [6.45, 7) is 2.05. The van der Waals surface area contributed by atoms with E-state index in [2.05, 4.69) is 10.3 Å². The Hall–Kier alpha value is -1.37. The zero-order chi connectivity index (χ0) is 14.0. The van der Waals surface area contributed by atoms with Crippen molar-refractivity contribution in [2.75, 3.05) is 6.54 Å². The van der Waals surface area contributed by atoms with Crippen LogP contribution in [-0.2, 0) is 18.3 Å². The number of aromatic nitrogens is 2. The minimum Gasteiger partial charge on any atom is -0.354 e. The number of nitrogens with zero attached hydrogens (tertiary/aromatic N) is 2. The average Bonchev–Trinajstić information content (AvgIpc) is 2.68. The van der Waals surface area contributed by atoms with Crippen LogP contribution in [0.4, 0.5) is 4.39 Å². The minimum atomic E-state index is -0.530. The third-order valence-electron chi connectivity index (χ3n) is 3.02. The maximum atomic E-state index is 13.6. The van der Waals surface area contributed by atoms with Crippen LogP contribution in [0.3, 0.4) is 0 Å². The van der Waals surface area contributed by atoms with Crippen LogP contribution in [0.2, 0.25) is 0 Å². The van der Waals surface area contributed by atoms with Crippen LogP contribution in [0.25, 0.3) is 11.0 Å². The Morgan fingerprint density at radius 2 is 2.14 bits per heavy atom. The quantitative estimate of drug-likeness (QED) is 0.889. The van der Waals surface area contributed by atoms with Crippen molar-refractivity contribution in [1.82, 2.24) is 14.9 Å². The second-order valence-corrected chi connectivity index (χ2v) is 4.52. The van der Waals surface area contributed by atoms with Gasteiger partial charge in [-0.25, -0.2) is 9.37 Å². The fraction of sp³-hybridized carbons (Fsp3) is 0.385. The summed E-state index contributed by atoms with van der Waals surface area (Å²) in [5.74, 6) is 0.189. The van der Waals surface area contributed by atoms with E-state index in [1.165, 1.54) is 6.07 Å². The summed E-state index contributed by atoms with van der Waals surface area (Å²) in [5, 5.41) is 2.71. The Balaban J connectivity index is 0.00000200. The molecule has 1 aromatic heterocycles. The molecular formula is C13H19Cl2FN4O. The third kappa shape index (κ3) is 4.30. The SMILES string of the molecule is CC(N)C(=O)NCCc1nc2c(F)cccc2n1C.Cl.Cl. The number of nitrogens with one attached hydrogen (secondary N) is 1. The molecule has 2 rings (SSSR count). The normalized spacial score (nSPS) is 11.4. The molecule has 118 valence electrons. The Morgan fingerprint density at radius 1 is 1.48 bits per heavy atom. The van der Waals surface area contributed by atoms with E-state index in [0.29, 0.717) is 18.5 Å². The number of para-hydroxylation sites is 1. The number of carbonyl (C=O) groups is 1. The van der Waals surface area contributed by atoms with E-state index >= 15 is 0 Å². The summed E-state index contributed by atoms with van der Waals surface area (Å²) in [6, 6.07) is 4.32. The van der Waals surface area contributed by atoms with Gasteiger partial charge in [0.05, 0.1) is 11.6 Å². The first-order valence-corrected chi connectivity index (χ1v) is 6.14. The lowest BCUT2D eigenvalue weighted by Gasteiger charge is -2.07. The molecule has 1 atom stereocenters. The van der Waals surface area contributed by atoms with Crippen LogP contribution in [0.15, 0.2) is 18.2 Å². The summed E-state index contributed by atoms with van der Waals surface area (Å²) < 4.78 is 15.4. The van der Waals surface area contributed by atoms with Crippen LogP contribution >= 0.6 is 24.8 Å². The van der Waals surface area contributed by atoms with Crippen molar-refractivity contribution in [3.63, 3.8) is 0 Å². The van der Waals surface area contributed by atoms with E-state index < -0.39 is 6.04 Å². The fourth-order valence-corrected chi connectivity index (χ4v) is 1.91. The number of benzene rings is 1. The molecule has 1 aromatic carbocycles. The lowest BCUT2D eigenvalue weighted by atomic mass is 10.3. The standard InChI is InChI=1S/C13H17FN4O.2ClH/c1-8(15)13(19)16-7-6-11-17-12-9(14)4-3-5-10(12)18(11)2;;/h3-5,8H,6-7,15H2,1-2H3,(H,16,19);2*1H. The van der Waals surface area contributed by atoms with Crippen LogP contribution in [-0.4, -0.2) is 28.0 Å². The van der Waals surface area contributed by atoms with Crippen molar-refractivity contribution in [2.45, 2.75) is 19.4 Å². The highest BCUT2D eigenvalue weighted by molar-refractivity contribution is 5.85. The monoisotopic (exact) mass is 336 g/mol. The molecule has 0 fully saturated rings. The first-order valence-electron chi connectivity index (χ1n) is 6.14. The predicted molar refractivity (Wildman–Crippen MR) is 85.5 cm³/mol. The van der Waals surface area contributed by atoms with Gasteiger partial charge >= 0.3 is 0 Å². The van der Waals surface area contributed by atoms with Crippen molar-refractivity contribution in [1.29, 1.82) is 0 Å². The molecule has 0 radical (unpaired) electrons. The molecule has 1 amide bonds. The smallest absolute Gasteiger partial charge is 0.236 e.